The highest BCUT2D eigenvalue weighted by molar-refractivity contribution is 5.71. The molecule has 0 rings (SSSR count). The Morgan fingerprint density at radius 3 is 0.482 bits per heavy atom. The molecule has 0 aliphatic rings. The van der Waals surface area contributed by atoms with Crippen LogP contribution in [0.5, 0.6) is 0 Å². The molecule has 494 valence electrons. The molecule has 0 heterocycles. The predicted molar refractivity (Wildman–Crippen MR) is 363 cm³/mol. The van der Waals surface area contributed by atoms with Crippen LogP contribution in [-0.2, 0) is 28.6 Å². The fourth-order valence-electron chi connectivity index (χ4n) is 12.3. The summed E-state index contributed by atoms with van der Waals surface area (Å²) < 4.78 is 17.1. The Morgan fingerprint density at radius 2 is 0.325 bits per heavy atom. The van der Waals surface area contributed by atoms with Gasteiger partial charge in [0.15, 0.2) is 6.10 Å². The van der Waals surface area contributed by atoms with Crippen LogP contribution in [0, 0.1) is 0 Å². The van der Waals surface area contributed by atoms with E-state index in [-0.39, 0.29) is 31.1 Å². The zero-order chi connectivity index (χ0) is 59.9. The highest BCUT2D eigenvalue weighted by Crippen LogP contribution is 2.20. The minimum absolute atomic E-state index is 0.0597. The van der Waals surface area contributed by atoms with Gasteiger partial charge in [-0.05, 0) is 19.3 Å². The van der Waals surface area contributed by atoms with Crippen LogP contribution in [0.4, 0.5) is 0 Å². The van der Waals surface area contributed by atoms with Crippen molar-refractivity contribution in [2.24, 2.45) is 0 Å². The van der Waals surface area contributed by atoms with E-state index in [1.807, 2.05) is 0 Å². The van der Waals surface area contributed by atoms with Crippen LogP contribution in [0.2, 0.25) is 0 Å². The molecule has 6 nitrogen and oxygen atoms in total. The second kappa shape index (κ2) is 72.9. The Balaban J connectivity index is 4.25. The SMILES string of the molecule is CCCCCCCCCCCCCCCCCCCCCCCCCCC(=O)OCC(COC(=O)CCCCCCCCCCCCCCCCCCCCCC)OC(=O)CCCCCCCCCCCCCCCCCCCCCCC. The van der Waals surface area contributed by atoms with Gasteiger partial charge in [-0.15, -0.1) is 0 Å². The fourth-order valence-corrected chi connectivity index (χ4v) is 12.3. The van der Waals surface area contributed by atoms with Gasteiger partial charge in [-0.1, -0.05) is 419 Å². The lowest BCUT2D eigenvalue weighted by Gasteiger charge is -2.18. The third-order valence-corrected chi connectivity index (χ3v) is 18.1. The summed E-state index contributed by atoms with van der Waals surface area (Å²) in [6.07, 6.45) is 87.2. The zero-order valence-electron chi connectivity index (χ0n) is 57.0. The van der Waals surface area contributed by atoms with E-state index >= 15 is 0 Å². The van der Waals surface area contributed by atoms with E-state index in [1.165, 1.54) is 360 Å². The van der Waals surface area contributed by atoms with Gasteiger partial charge in [0.05, 0.1) is 0 Å². The lowest BCUT2D eigenvalue weighted by molar-refractivity contribution is -0.167. The molecule has 0 N–H and O–H groups in total. The van der Waals surface area contributed by atoms with Gasteiger partial charge in [0.1, 0.15) is 13.2 Å². The Morgan fingerprint density at radius 1 is 0.193 bits per heavy atom. The van der Waals surface area contributed by atoms with Gasteiger partial charge in [-0.2, -0.15) is 0 Å². The molecule has 0 aliphatic heterocycles. The molecule has 0 fully saturated rings. The van der Waals surface area contributed by atoms with E-state index in [0.29, 0.717) is 19.3 Å². The van der Waals surface area contributed by atoms with Crippen molar-refractivity contribution in [3.8, 4) is 0 Å². The second-order valence-corrected chi connectivity index (χ2v) is 26.6. The molecule has 0 saturated heterocycles. The van der Waals surface area contributed by atoms with Crippen molar-refractivity contribution in [3.63, 3.8) is 0 Å². The molecular formula is C77H150O6. The van der Waals surface area contributed by atoms with Gasteiger partial charge in [-0.3, -0.25) is 14.4 Å². The quantitative estimate of drug-likeness (QED) is 0.0343. The topological polar surface area (TPSA) is 78.9 Å². The van der Waals surface area contributed by atoms with Gasteiger partial charge in [0, 0.05) is 19.3 Å². The average Bonchev–Trinajstić information content (AvgIpc) is 3.49. The molecular weight excluding hydrogens is 1020 g/mol. The maximum absolute atomic E-state index is 13.0. The summed E-state index contributed by atoms with van der Waals surface area (Å²) in [7, 11) is 0. The van der Waals surface area contributed by atoms with Gasteiger partial charge in [0.25, 0.3) is 0 Å². The fraction of sp³-hybridized carbons (Fsp3) is 0.961. The molecule has 1 unspecified atom stereocenters. The Hall–Kier alpha value is -1.59. The van der Waals surface area contributed by atoms with Crippen molar-refractivity contribution < 1.29 is 28.6 Å². The van der Waals surface area contributed by atoms with Crippen LogP contribution >= 0.6 is 0 Å². The van der Waals surface area contributed by atoms with Crippen LogP contribution in [0.25, 0.3) is 0 Å². The largest absolute Gasteiger partial charge is 0.462 e. The summed E-state index contributed by atoms with van der Waals surface area (Å²) in [5, 5.41) is 0. The van der Waals surface area contributed by atoms with Gasteiger partial charge >= 0.3 is 17.9 Å². The minimum atomic E-state index is -0.764. The van der Waals surface area contributed by atoms with Crippen molar-refractivity contribution in [1.82, 2.24) is 0 Å². The first-order chi connectivity index (χ1) is 41.0. The number of hydrogen-bond donors (Lipinski definition) is 0. The number of unbranched alkanes of at least 4 members (excludes halogenated alkanes) is 62. The summed E-state index contributed by atoms with van der Waals surface area (Å²) >= 11 is 0. The highest BCUT2D eigenvalue weighted by atomic mass is 16.6. The van der Waals surface area contributed by atoms with E-state index in [4.69, 9.17) is 14.2 Å². The average molecular weight is 1170 g/mol. The van der Waals surface area contributed by atoms with Crippen LogP contribution in [-0.4, -0.2) is 37.2 Å². The summed E-state index contributed by atoms with van der Waals surface area (Å²) in [5.74, 6) is -0.812. The Kier molecular flexibility index (Phi) is 71.5. The first-order valence-electron chi connectivity index (χ1n) is 38.5. The molecule has 0 radical (unpaired) electrons. The third-order valence-electron chi connectivity index (χ3n) is 18.1. The summed E-state index contributed by atoms with van der Waals surface area (Å²) in [6.45, 7) is 6.77. The number of hydrogen-bond acceptors (Lipinski definition) is 6. The highest BCUT2D eigenvalue weighted by Gasteiger charge is 2.20. The molecule has 1 atom stereocenters. The molecule has 0 bridgehead atoms. The second-order valence-electron chi connectivity index (χ2n) is 26.6. The summed E-state index contributed by atoms with van der Waals surface area (Å²) in [6, 6.07) is 0. The van der Waals surface area contributed by atoms with Crippen LogP contribution in [0.15, 0.2) is 0 Å². The number of ether oxygens (including phenoxy) is 3. The molecule has 83 heavy (non-hydrogen) atoms. The van der Waals surface area contributed by atoms with Crippen molar-refractivity contribution in [2.75, 3.05) is 13.2 Å². The monoisotopic (exact) mass is 1170 g/mol. The van der Waals surface area contributed by atoms with E-state index in [9.17, 15) is 14.4 Å². The first kappa shape index (κ1) is 81.4. The molecule has 0 spiro atoms. The maximum atomic E-state index is 13.0. The summed E-state index contributed by atoms with van der Waals surface area (Å²) in [4.78, 5) is 38.6. The normalized spacial score (nSPS) is 11.9. The minimum Gasteiger partial charge on any atom is -0.462 e. The van der Waals surface area contributed by atoms with E-state index in [1.54, 1.807) is 0 Å². The summed E-state index contributed by atoms with van der Waals surface area (Å²) in [5.41, 5.74) is 0. The Bertz CT molecular complexity index is 1250. The van der Waals surface area contributed by atoms with Crippen LogP contribution in [0.1, 0.15) is 457 Å². The third kappa shape index (κ3) is 71.1. The van der Waals surface area contributed by atoms with E-state index < -0.39 is 6.10 Å². The van der Waals surface area contributed by atoms with E-state index in [2.05, 4.69) is 20.8 Å². The van der Waals surface area contributed by atoms with Crippen molar-refractivity contribution in [1.29, 1.82) is 0 Å². The van der Waals surface area contributed by atoms with E-state index in [0.717, 1.165) is 57.8 Å². The Labute approximate surface area is 520 Å². The van der Waals surface area contributed by atoms with Crippen molar-refractivity contribution in [2.45, 2.75) is 463 Å². The van der Waals surface area contributed by atoms with Crippen LogP contribution < -0.4 is 0 Å². The van der Waals surface area contributed by atoms with Crippen molar-refractivity contribution >= 4 is 17.9 Å². The van der Waals surface area contributed by atoms with Gasteiger partial charge in [0.2, 0.25) is 0 Å². The zero-order valence-corrected chi connectivity index (χ0v) is 57.0. The van der Waals surface area contributed by atoms with Gasteiger partial charge in [-0.25, -0.2) is 0 Å². The number of rotatable bonds is 73. The smallest absolute Gasteiger partial charge is 0.306 e. The lowest BCUT2D eigenvalue weighted by atomic mass is 10.0. The number of carbonyl (C=O) groups excluding carboxylic acids is 3. The molecule has 0 aromatic heterocycles. The van der Waals surface area contributed by atoms with Gasteiger partial charge < -0.3 is 14.2 Å². The molecule has 0 saturated carbocycles. The first-order valence-corrected chi connectivity index (χ1v) is 38.5. The predicted octanol–water partition coefficient (Wildman–Crippen LogP) is 26.6. The molecule has 0 aliphatic carbocycles. The number of esters is 3. The standard InChI is InChI=1S/C77H150O6/c1-4-7-10-13-16-19-22-25-28-31-34-37-38-39-41-43-46-49-52-55-58-61-64-67-70-76(79)82-73-74(72-81-75(78)69-66-63-60-57-54-51-48-45-42-36-33-30-27-24-21-18-15-12-9-6-3)83-77(80)71-68-65-62-59-56-53-50-47-44-40-35-32-29-26-23-20-17-14-11-8-5-2/h74H,4-73H2,1-3H3. The lowest BCUT2D eigenvalue weighted by Crippen LogP contribution is -2.30. The number of carbonyl (C=O) groups is 3. The molecule has 0 aromatic carbocycles. The molecule has 0 amide bonds. The molecule has 6 heteroatoms. The molecule has 0 aromatic rings. The maximum Gasteiger partial charge on any atom is 0.306 e. The van der Waals surface area contributed by atoms with Crippen LogP contribution in [0.3, 0.4) is 0 Å². The van der Waals surface area contributed by atoms with Crippen molar-refractivity contribution in [3.05, 3.63) is 0 Å².